The highest BCUT2D eigenvalue weighted by Gasteiger charge is 2.08. The Balaban J connectivity index is 2.24. The molecule has 0 saturated heterocycles. The quantitative estimate of drug-likeness (QED) is 0.820. The lowest BCUT2D eigenvalue weighted by molar-refractivity contribution is 0.410. The molecule has 2 aromatic rings. The van der Waals surface area contributed by atoms with E-state index in [1.807, 2.05) is 50.5 Å². The summed E-state index contributed by atoms with van der Waals surface area (Å²) in [6.45, 7) is 0.657. The molecule has 0 aliphatic rings. The first-order valence-electron chi connectivity index (χ1n) is 6.54. The fourth-order valence-corrected chi connectivity index (χ4v) is 2.70. The zero-order chi connectivity index (χ0) is 15.4. The molecular weight excluding hydrogens is 352 g/mol. The average molecular weight is 370 g/mol. The van der Waals surface area contributed by atoms with Gasteiger partial charge < -0.3 is 15.0 Å². The summed E-state index contributed by atoms with van der Waals surface area (Å²) in [4.78, 5) is 2.05. The van der Waals surface area contributed by atoms with Gasteiger partial charge in [0.15, 0.2) is 0 Å². The molecule has 0 bridgehead atoms. The smallest absolute Gasteiger partial charge is 0.123 e. The van der Waals surface area contributed by atoms with Crippen LogP contribution in [-0.2, 0) is 6.54 Å². The van der Waals surface area contributed by atoms with Crippen molar-refractivity contribution in [2.45, 2.75) is 6.54 Å². The van der Waals surface area contributed by atoms with E-state index in [0.29, 0.717) is 11.6 Å². The SMILES string of the molecule is COc1ccc(Br)cc1CNc1cc(Cl)ccc1N(C)C. The van der Waals surface area contributed by atoms with Crippen molar-refractivity contribution < 1.29 is 4.74 Å². The Morgan fingerprint density at radius 1 is 1.19 bits per heavy atom. The molecule has 0 aliphatic heterocycles. The van der Waals surface area contributed by atoms with Crippen LogP contribution in [0.25, 0.3) is 0 Å². The second-order valence-corrected chi connectivity index (χ2v) is 6.22. The molecular formula is C16H18BrClN2O. The van der Waals surface area contributed by atoms with E-state index in [4.69, 9.17) is 16.3 Å². The number of hydrogen-bond donors (Lipinski definition) is 1. The normalized spacial score (nSPS) is 10.3. The Hall–Kier alpha value is -1.39. The molecule has 0 amide bonds. The summed E-state index contributed by atoms with van der Waals surface area (Å²) in [5.74, 6) is 0.860. The molecule has 0 aromatic heterocycles. The van der Waals surface area contributed by atoms with Gasteiger partial charge in [0.2, 0.25) is 0 Å². The Kier molecular flexibility index (Phi) is 5.37. The molecule has 2 aromatic carbocycles. The van der Waals surface area contributed by atoms with Crippen molar-refractivity contribution in [1.82, 2.24) is 0 Å². The summed E-state index contributed by atoms with van der Waals surface area (Å²) in [5.41, 5.74) is 3.17. The van der Waals surface area contributed by atoms with Crippen LogP contribution in [0.1, 0.15) is 5.56 Å². The molecule has 21 heavy (non-hydrogen) atoms. The predicted octanol–water partition coefficient (Wildman–Crippen LogP) is 4.79. The number of nitrogens with zero attached hydrogens (tertiary/aromatic N) is 1. The number of rotatable bonds is 5. The van der Waals surface area contributed by atoms with Crippen LogP contribution in [0.4, 0.5) is 11.4 Å². The van der Waals surface area contributed by atoms with E-state index in [1.165, 1.54) is 0 Å². The van der Waals surface area contributed by atoms with Crippen molar-refractivity contribution in [1.29, 1.82) is 0 Å². The van der Waals surface area contributed by atoms with Crippen molar-refractivity contribution >= 4 is 38.9 Å². The highest BCUT2D eigenvalue weighted by Crippen LogP contribution is 2.30. The minimum atomic E-state index is 0.657. The summed E-state index contributed by atoms with van der Waals surface area (Å²) < 4.78 is 6.42. The van der Waals surface area contributed by atoms with Crippen LogP contribution in [-0.4, -0.2) is 21.2 Å². The minimum Gasteiger partial charge on any atom is -0.496 e. The first-order chi connectivity index (χ1) is 10.0. The molecule has 1 N–H and O–H groups in total. The first kappa shape index (κ1) is 16.0. The van der Waals surface area contributed by atoms with Crippen molar-refractivity contribution in [2.24, 2.45) is 0 Å². The van der Waals surface area contributed by atoms with Gasteiger partial charge in [0.1, 0.15) is 5.75 Å². The van der Waals surface area contributed by atoms with E-state index < -0.39 is 0 Å². The summed E-state index contributed by atoms with van der Waals surface area (Å²) in [5, 5.41) is 4.14. The van der Waals surface area contributed by atoms with Crippen LogP contribution >= 0.6 is 27.5 Å². The molecule has 2 rings (SSSR count). The van der Waals surface area contributed by atoms with Crippen molar-refractivity contribution in [2.75, 3.05) is 31.4 Å². The van der Waals surface area contributed by atoms with E-state index in [1.54, 1.807) is 7.11 Å². The Morgan fingerprint density at radius 3 is 2.62 bits per heavy atom. The van der Waals surface area contributed by atoms with Crippen molar-refractivity contribution in [3.8, 4) is 5.75 Å². The number of benzene rings is 2. The molecule has 5 heteroatoms. The van der Waals surface area contributed by atoms with E-state index in [2.05, 4.69) is 26.1 Å². The largest absolute Gasteiger partial charge is 0.496 e. The Labute approximate surface area is 139 Å². The zero-order valence-corrected chi connectivity index (χ0v) is 14.6. The number of nitrogens with one attached hydrogen (secondary N) is 1. The fraction of sp³-hybridized carbons (Fsp3) is 0.250. The zero-order valence-electron chi connectivity index (χ0n) is 12.3. The minimum absolute atomic E-state index is 0.657. The van der Waals surface area contributed by atoms with Crippen molar-refractivity contribution in [3.63, 3.8) is 0 Å². The molecule has 3 nitrogen and oxygen atoms in total. The number of anilines is 2. The third-order valence-corrected chi connectivity index (χ3v) is 3.88. The monoisotopic (exact) mass is 368 g/mol. The third-order valence-electron chi connectivity index (χ3n) is 3.15. The fourth-order valence-electron chi connectivity index (χ4n) is 2.12. The van der Waals surface area contributed by atoms with Gasteiger partial charge in [0, 0.05) is 35.7 Å². The van der Waals surface area contributed by atoms with Gasteiger partial charge in [-0.1, -0.05) is 27.5 Å². The van der Waals surface area contributed by atoms with E-state index in [-0.39, 0.29) is 0 Å². The molecule has 0 fully saturated rings. The number of methoxy groups -OCH3 is 1. The van der Waals surface area contributed by atoms with Gasteiger partial charge in [-0.3, -0.25) is 0 Å². The van der Waals surface area contributed by atoms with Gasteiger partial charge in [-0.15, -0.1) is 0 Å². The van der Waals surface area contributed by atoms with Gasteiger partial charge in [-0.25, -0.2) is 0 Å². The molecule has 0 radical (unpaired) electrons. The van der Waals surface area contributed by atoms with E-state index >= 15 is 0 Å². The number of hydrogen-bond acceptors (Lipinski definition) is 3. The summed E-state index contributed by atoms with van der Waals surface area (Å²) in [6.07, 6.45) is 0. The van der Waals surface area contributed by atoms with E-state index in [0.717, 1.165) is 27.2 Å². The molecule has 112 valence electrons. The van der Waals surface area contributed by atoms with Crippen LogP contribution in [0.3, 0.4) is 0 Å². The maximum absolute atomic E-state index is 6.10. The highest BCUT2D eigenvalue weighted by atomic mass is 79.9. The van der Waals surface area contributed by atoms with Crippen molar-refractivity contribution in [3.05, 3.63) is 51.5 Å². The van der Waals surface area contributed by atoms with Crippen LogP contribution in [0.5, 0.6) is 5.75 Å². The molecule has 0 saturated carbocycles. The predicted molar refractivity (Wildman–Crippen MR) is 93.8 cm³/mol. The van der Waals surface area contributed by atoms with Crippen LogP contribution < -0.4 is 15.0 Å². The van der Waals surface area contributed by atoms with Gasteiger partial charge in [0.25, 0.3) is 0 Å². The lowest BCUT2D eigenvalue weighted by Gasteiger charge is -2.19. The summed E-state index contributed by atoms with van der Waals surface area (Å²) in [7, 11) is 5.69. The topological polar surface area (TPSA) is 24.5 Å². The molecule has 0 heterocycles. The molecule has 0 unspecified atom stereocenters. The van der Waals surface area contributed by atoms with Crippen LogP contribution in [0.15, 0.2) is 40.9 Å². The van der Waals surface area contributed by atoms with Gasteiger partial charge in [-0.05, 0) is 36.4 Å². The Bertz CT molecular complexity index is 632. The van der Waals surface area contributed by atoms with E-state index in [9.17, 15) is 0 Å². The molecule has 0 atom stereocenters. The van der Waals surface area contributed by atoms with Gasteiger partial charge >= 0.3 is 0 Å². The second kappa shape index (κ2) is 7.05. The lowest BCUT2D eigenvalue weighted by Crippen LogP contribution is -2.12. The second-order valence-electron chi connectivity index (χ2n) is 4.87. The van der Waals surface area contributed by atoms with Crippen LogP contribution in [0, 0.1) is 0 Å². The lowest BCUT2D eigenvalue weighted by atomic mass is 10.2. The highest BCUT2D eigenvalue weighted by molar-refractivity contribution is 9.10. The average Bonchev–Trinajstić information content (AvgIpc) is 2.45. The standard InChI is InChI=1S/C16H18BrClN2O/c1-20(2)15-6-5-13(18)9-14(15)19-10-11-8-12(17)4-7-16(11)21-3/h4-9,19H,10H2,1-3H3. The summed E-state index contributed by atoms with van der Waals surface area (Å²) >= 11 is 9.58. The Morgan fingerprint density at radius 2 is 1.95 bits per heavy atom. The summed E-state index contributed by atoms with van der Waals surface area (Å²) in [6, 6.07) is 11.8. The molecule has 0 spiro atoms. The first-order valence-corrected chi connectivity index (χ1v) is 7.71. The number of halogens is 2. The molecule has 0 aliphatic carbocycles. The van der Waals surface area contributed by atoms with Gasteiger partial charge in [0.05, 0.1) is 18.5 Å². The number of ether oxygens (including phenoxy) is 1. The third kappa shape index (κ3) is 4.05. The van der Waals surface area contributed by atoms with Crippen LogP contribution in [0.2, 0.25) is 5.02 Å². The maximum atomic E-state index is 6.10. The van der Waals surface area contributed by atoms with Gasteiger partial charge in [-0.2, -0.15) is 0 Å². The maximum Gasteiger partial charge on any atom is 0.123 e.